The number of sulfone groups is 1. The Balaban J connectivity index is 2.09. The molecule has 6 heteroatoms. The Morgan fingerprint density at radius 3 is 2.38 bits per heavy atom. The number of carboxylic acid groups (broad SMARTS) is 1. The minimum Gasteiger partial charge on any atom is -0.478 e. The SMILES string of the molecule is CC1=C(C(=Cc2ccc(S(C)(=O)=O)cc2)C(=O)O)c2cc(F)ccc2C1. The maximum atomic E-state index is 13.7. The summed E-state index contributed by atoms with van der Waals surface area (Å²) in [4.78, 5) is 12.0. The summed E-state index contributed by atoms with van der Waals surface area (Å²) in [5.74, 6) is -1.54. The fraction of sp³-hybridized carbons (Fsp3) is 0.150. The van der Waals surface area contributed by atoms with Crippen LogP contribution >= 0.6 is 0 Å². The monoisotopic (exact) mass is 372 g/mol. The van der Waals surface area contributed by atoms with Gasteiger partial charge in [-0.3, -0.25) is 0 Å². The fourth-order valence-corrected chi connectivity index (χ4v) is 3.76. The lowest BCUT2D eigenvalue weighted by atomic mass is 9.95. The first-order chi connectivity index (χ1) is 12.2. The fourth-order valence-electron chi connectivity index (χ4n) is 3.13. The van der Waals surface area contributed by atoms with E-state index < -0.39 is 21.6 Å². The molecule has 0 fully saturated rings. The number of carbonyl (C=O) groups is 1. The van der Waals surface area contributed by atoms with Crippen molar-refractivity contribution in [1.82, 2.24) is 0 Å². The van der Waals surface area contributed by atoms with Crippen LogP contribution in [0.1, 0.15) is 23.6 Å². The third-order valence-corrected chi connectivity index (χ3v) is 5.47. The molecule has 0 aromatic heterocycles. The second-order valence-corrected chi connectivity index (χ2v) is 8.35. The number of fused-ring (bicyclic) bond motifs is 1. The van der Waals surface area contributed by atoms with Gasteiger partial charge in [0.1, 0.15) is 5.82 Å². The number of benzene rings is 2. The van der Waals surface area contributed by atoms with Crippen LogP contribution in [0, 0.1) is 5.82 Å². The van der Waals surface area contributed by atoms with E-state index >= 15 is 0 Å². The quantitative estimate of drug-likeness (QED) is 0.830. The van der Waals surface area contributed by atoms with Gasteiger partial charge in [0.2, 0.25) is 0 Å². The van der Waals surface area contributed by atoms with E-state index in [1.54, 1.807) is 18.2 Å². The number of aliphatic carboxylic acids is 1. The van der Waals surface area contributed by atoms with Crippen LogP contribution in [-0.4, -0.2) is 25.7 Å². The molecule has 0 atom stereocenters. The second-order valence-electron chi connectivity index (χ2n) is 6.34. The molecule has 26 heavy (non-hydrogen) atoms. The van der Waals surface area contributed by atoms with Gasteiger partial charge >= 0.3 is 5.97 Å². The lowest BCUT2D eigenvalue weighted by Crippen LogP contribution is -2.04. The smallest absolute Gasteiger partial charge is 0.336 e. The molecule has 2 aromatic rings. The molecule has 3 rings (SSSR count). The summed E-state index contributed by atoms with van der Waals surface area (Å²) in [7, 11) is -3.32. The Hall–Kier alpha value is -2.73. The molecule has 0 aliphatic heterocycles. The molecule has 0 saturated heterocycles. The molecule has 0 amide bonds. The highest BCUT2D eigenvalue weighted by Gasteiger charge is 2.25. The summed E-state index contributed by atoms with van der Waals surface area (Å²) < 4.78 is 36.8. The van der Waals surface area contributed by atoms with Gasteiger partial charge < -0.3 is 5.11 Å². The largest absolute Gasteiger partial charge is 0.478 e. The minimum atomic E-state index is -3.32. The van der Waals surface area contributed by atoms with E-state index in [4.69, 9.17) is 0 Å². The van der Waals surface area contributed by atoms with E-state index in [-0.39, 0.29) is 10.5 Å². The second kappa shape index (κ2) is 6.53. The third-order valence-electron chi connectivity index (χ3n) is 4.34. The first-order valence-corrected chi connectivity index (χ1v) is 9.80. The highest BCUT2D eigenvalue weighted by Crippen LogP contribution is 2.38. The first kappa shape index (κ1) is 18.1. The maximum absolute atomic E-state index is 13.7. The topological polar surface area (TPSA) is 71.4 Å². The van der Waals surface area contributed by atoms with Crippen molar-refractivity contribution in [2.24, 2.45) is 0 Å². The van der Waals surface area contributed by atoms with Gasteiger partial charge in [-0.1, -0.05) is 23.8 Å². The van der Waals surface area contributed by atoms with Gasteiger partial charge in [0.25, 0.3) is 0 Å². The third kappa shape index (κ3) is 3.46. The van der Waals surface area contributed by atoms with Gasteiger partial charge in [-0.2, -0.15) is 0 Å². The molecule has 0 spiro atoms. The van der Waals surface area contributed by atoms with Crippen LogP contribution in [-0.2, 0) is 21.1 Å². The van der Waals surface area contributed by atoms with E-state index in [1.165, 1.54) is 30.3 Å². The lowest BCUT2D eigenvalue weighted by Gasteiger charge is -2.09. The number of hydrogen-bond acceptors (Lipinski definition) is 3. The summed E-state index contributed by atoms with van der Waals surface area (Å²) in [5, 5.41) is 9.70. The number of allylic oxidation sites excluding steroid dienone is 1. The predicted octanol–water partition coefficient (Wildman–Crippen LogP) is 3.73. The average molecular weight is 372 g/mol. The minimum absolute atomic E-state index is 0.0546. The lowest BCUT2D eigenvalue weighted by molar-refractivity contribution is -0.132. The molecule has 1 aliphatic carbocycles. The molecule has 0 unspecified atom stereocenters. The molecule has 0 radical (unpaired) electrons. The van der Waals surface area contributed by atoms with Crippen molar-refractivity contribution >= 4 is 27.5 Å². The highest BCUT2D eigenvalue weighted by molar-refractivity contribution is 7.90. The molecule has 2 aromatic carbocycles. The van der Waals surface area contributed by atoms with Crippen LogP contribution in [0.2, 0.25) is 0 Å². The summed E-state index contributed by atoms with van der Waals surface area (Å²) in [5.41, 5.74) is 3.45. The normalized spacial score (nSPS) is 14.5. The molecule has 4 nitrogen and oxygen atoms in total. The Bertz CT molecular complexity index is 1060. The van der Waals surface area contributed by atoms with Crippen LogP contribution in [0.5, 0.6) is 0 Å². The molecule has 0 saturated carbocycles. The summed E-state index contributed by atoms with van der Waals surface area (Å²) in [6, 6.07) is 10.4. The zero-order valence-corrected chi connectivity index (χ0v) is 15.1. The van der Waals surface area contributed by atoms with Gasteiger partial charge in [0.05, 0.1) is 10.5 Å². The number of rotatable bonds is 4. The Morgan fingerprint density at radius 1 is 1.15 bits per heavy atom. The zero-order chi connectivity index (χ0) is 19.1. The number of halogens is 1. The summed E-state index contributed by atoms with van der Waals surface area (Å²) in [6.45, 7) is 1.83. The molecule has 0 heterocycles. The molecular weight excluding hydrogens is 355 g/mol. The van der Waals surface area contributed by atoms with Crippen LogP contribution in [0.15, 0.2) is 58.5 Å². The van der Waals surface area contributed by atoms with Crippen LogP contribution in [0.25, 0.3) is 11.6 Å². The predicted molar refractivity (Wildman–Crippen MR) is 97.9 cm³/mol. The van der Waals surface area contributed by atoms with Crippen molar-refractivity contribution in [3.63, 3.8) is 0 Å². The van der Waals surface area contributed by atoms with Crippen LogP contribution in [0.4, 0.5) is 4.39 Å². The van der Waals surface area contributed by atoms with Crippen molar-refractivity contribution < 1.29 is 22.7 Å². The highest BCUT2D eigenvalue weighted by atomic mass is 32.2. The van der Waals surface area contributed by atoms with E-state index in [0.29, 0.717) is 23.1 Å². The van der Waals surface area contributed by atoms with E-state index in [2.05, 4.69) is 0 Å². The standard InChI is InChI=1S/C20H17FO4S/c1-12-9-14-5-6-15(21)11-17(14)19(12)18(20(22)23)10-13-3-7-16(8-4-13)26(2,24)25/h3-8,10-11H,9H2,1-2H3,(H,22,23). The average Bonchev–Trinajstić information content (AvgIpc) is 2.87. The van der Waals surface area contributed by atoms with Crippen LogP contribution in [0.3, 0.4) is 0 Å². The molecule has 1 aliphatic rings. The molecular formula is C20H17FO4S. The van der Waals surface area contributed by atoms with Gasteiger partial charge in [-0.25, -0.2) is 17.6 Å². The summed E-state index contributed by atoms with van der Waals surface area (Å²) >= 11 is 0. The Morgan fingerprint density at radius 2 is 1.81 bits per heavy atom. The Labute approximate surface area is 151 Å². The zero-order valence-electron chi connectivity index (χ0n) is 14.3. The molecule has 0 bridgehead atoms. The van der Waals surface area contributed by atoms with Gasteiger partial charge in [-0.05, 0) is 65.9 Å². The maximum Gasteiger partial charge on any atom is 0.336 e. The van der Waals surface area contributed by atoms with Crippen LogP contribution < -0.4 is 0 Å². The molecule has 1 N–H and O–H groups in total. The van der Waals surface area contributed by atoms with Gasteiger partial charge in [0.15, 0.2) is 9.84 Å². The van der Waals surface area contributed by atoms with Gasteiger partial charge in [-0.15, -0.1) is 0 Å². The van der Waals surface area contributed by atoms with Crippen molar-refractivity contribution in [3.8, 4) is 0 Å². The van der Waals surface area contributed by atoms with Crippen molar-refractivity contribution in [2.75, 3.05) is 6.26 Å². The van der Waals surface area contributed by atoms with Crippen molar-refractivity contribution in [1.29, 1.82) is 0 Å². The van der Waals surface area contributed by atoms with E-state index in [0.717, 1.165) is 17.4 Å². The van der Waals surface area contributed by atoms with E-state index in [9.17, 15) is 22.7 Å². The Kier molecular flexibility index (Phi) is 4.54. The van der Waals surface area contributed by atoms with Gasteiger partial charge in [0, 0.05) is 6.26 Å². The van der Waals surface area contributed by atoms with E-state index in [1.807, 2.05) is 6.92 Å². The van der Waals surface area contributed by atoms with Crippen molar-refractivity contribution in [3.05, 3.63) is 76.1 Å². The summed E-state index contributed by atoms with van der Waals surface area (Å²) in [6.07, 6.45) is 3.16. The first-order valence-electron chi connectivity index (χ1n) is 7.91. The number of hydrogen-bond donors (Lipinski definition) is 1. The van der Waals surface area contributed by atoms with Crippen molar-refractivity contribution in [2.45, 2.75) is 18.2 Å². The molecule has 134 valence electrons. The number of carboxylic acids is 1.